The van der Waals surface area contributed by atoms with Gasteiger partial charge in [0, 0.05) is 13.7 Å². The van der Waals surface area contributed by atoms with Crippen LogP contribution in [0.5, 0.6) is 0 Å². The maximum Gasteiger partial charge on any atom is 0.0860 e. The number of thioether (sulfide) groups is 1. The van der Waals surface area contributed by atoms with Crippen molar-refractivity contribution in [1.82, 2.24) is 0 Å². The monoisotopic (exact) mass is 286 g/mol. The van der Waals surface area contributed by atoms with Gasteiger partial charge in [-0.15, -0.1) is 0 Å². The highest BCUT2D eigenvalue weighted by Crippen LogP contribution is 2.44. The highest BCUT2D eigenvalue weighted by molar-refractivity contribution is 7.99. The third kappa shape index (κ3) is 3.12. The molecule has 3 aliphatic rings. The molecule has 0 radical (unpaired) electrons. The van der Waals surface area contributed by atoms with Crippen LogP contribution in [0.3, 0.4) is 0 Å². The Morgan fingerprint density at radius 1 is 1.21 bits per heavy atom. The minimum atomic E-state index is -0.298. The van der Waals surface area contributed by atoms with Crippen molar-refractivity contribution in [2.45, 2.75) is 56.3 Å². The highest BCUT2D eigenvalue weighted by atomic mass is 32.2. The van der Waals surface area contributed by atoms with Gasteiger partial charge in [-0.25, -0.2) is 0 Å². The molecular formula is C15H26O3S. The van der Waals surface area contributed by atoms with Gasteiger partial charge < -0.3 is 14.6 Å². The molecule has 3 atom stereocenters. The van der Waals surface area contributed by atoms with Gasteiger partial charge in [0.05, 0.1) is 17.8 Å². The molecule has 3 unspecified atom stereocenters. The topological polar surface area (TPSA) is 38.7 Å². The molecule has 0 amide bonds. The van der Waals surface area contributed by atoms with Gasteiger partial charge in [0.15, 0.2) is 0 Å². The molecule has 3 nitrogen and oxygen atoms in total. The van der Waals surface area contributed by atoms with Crippen LogP contribution in [0.15, 0.2) is 0 Å². The molecule has 2 aliphatic heterocycles. The summed E-state index contributed by atoms with van der Waals surface area (Å²) in [6, 6.07) is 0. The van der Waals surface area contributed by atoms with Gasteiger partial charge >= 0.3 is 0 Å². The Bertz CT molecular complexity index is 294. The van der Waals surface area contributed by atoms with Crippen molar-refractivity contribution in [3.8, 4) is 0 Å². The zero-order valence-electron chi connectivity index (χ0n) is 11.8. The normalized spacial score (nSPS) is 34.1. The maximum atomic E-state index is 10.7. The Morgan fingerprint density at radius 2 is 1.95 bits per heavy atom. The Hall–Kier alpha value is 0.230. The van der Waals surface area contributed by atoms with E-state index in [1.165, 1.54) is 24.3 Å². The minimum absolute atomic E-state index is 0.0538. The van der Waals surface area contributed by atoms with Gasteiger partial charge in [0.2, 0.25) is 0 Å². The second kappa shape index (κ2) is 5.92. The van der Waals surface area contributed by atoms with E-state index in [0.717, 1.165) is 32.3 Å². The van der Waals surface area contributed by atoms with E-state index in [1.54, 1.807) is 7.11 Å². The van der Waals surface area contributed by atoms with E-state index in [0.29, 0.717) is 11.8 Å². The van der Waals surface area contributed by atoms with Gasteiger partial charge in [-0.3, -0.25) is 0 Å². The van der Waals surface area contributed by atoms with Crippen molar-refractivity contribution in [1.29, 1.82) is 0 Å². The van der Waals surface area contributed by atoms with E-state index in [1.807, 2.05) is 11.8 Å². The van der Waals surface area contributed by atoms with E-state index in [9.17, 15) is 5.11 Å². The summed E-state index contributed by atoms with van der Waals surface area (Å²) in [7, 11) is 1.75. The van der Waals surface area contributed by atoms with Crippen molar-refractivity contribution in [3.63, 3.8) is 0 Å². The Labute approximate surface area is 120 Å². The Balaban J connectivity index is 1.63. The van der Waals surface area contributed by atoms with Crippen LogP contribution in [0.2, 0.25) is 0 Å². The first-order chi connectivity index (χ1) is 9.24. The third-order valence-corrected chi connectivity index (χ3v) is 6.10. The van der Waals surface area contributed by atoms with E-state index < -0.39 is 0 Å². The zero-order valence-corrected chi connectivity index (χ0v) is 12.7. The van der Waals surface area contributed by atoms with E-state index >= 15 is 0 Å². The summed E-state index contributed by atoms with van der Waals surface area (Å²) in [5.41, 5.74) is 0.0665. The molecule has 2 heterocycles. The lowest BCUT2D eigenvalue weighted by Gasteiger charge is -2.45. The van der Waals surface area contributed by atoms with Gasteiger partial charge in [-0.05, 0) is 61.9 Å². The predicted octanol–water partition coefficient (Wildman–Crippen LogP) is 2.46. The number of hydrogen-bond acceptors (Lipinski definition) is 4. The highest BCUT2D eigenvalue weighted by Gasteiger charge is 2.45. The average Bonchev–Trinajstić information content (AvgIpc) is 3.25. The molecule has 3 rings (SSSR count). The molecule has 3 fully saturated rings. The second-order valence-electron chi connectivity index (χ2n) is 6.43. The molecule has 4 heteroatoms. The molecule has 1 spiro atoms. The molecule has 1 N–H and O–H groups in total. The zero-order chi connectivity index (χ0) is 13.3. The van der Waals surface area contributed by atoms with Gasteiger partial charge in [-0.2, -0.15) is 11.8 Å². The first-order valence-corrected chi connectivity index (χ1v) is 8.82. The van der Waals surface area contributed by atoms with E-state index in [2.05, 4.69) is 0 Å². The van der Waals surface area contributed by atoms with Crippen LogP contribution >= 0.6 is 11.8 Å². The van der Waals surface area contributed by atoms with Crippen LogP contribution in [0.1, 0.15) is 38.5 Å². The van der Waals surface area contributed by atoms with E-state index in [-0.39, 0.29) is 17.8 Å². The molecular weight excluding hydrogens is 260 g/mol. The fourth-order valence-corrected chi connectivity index (χ4v) is 4.99. The van der Waals surface area contributed by atoms with Gasteiger partial charge in [0.25, 0.3) is 0 Å². The number of ether oxygens (including phenoxy) is 2. The second-order valence-corrected chi connectivity index (χ2v) is 7.65. The summed E-state index contributed by atoms with van der Waals surface area (Å²) in [5, 5.41) is 10.7. The standard InChI is InChI=1S/C15H26O3S/c1-17-14(11-2-3-11)13(16)12-4-7-18-15(10-12)5-8-19-9-6-15/h11-14,16H,2-10H2,1H3. The van der Waals surface area contributed by atoms with E-state index in [4.69, 9.17) is 9.47 Å². The number of methoxy groups -OCH3 is 1. The van der Waals surface area contributed by atoms with Gasteiger partial charge in [0.1, 0.15) is 0 Å². The van der Waals surface area contributed by atoms with Crippen LogP contribution in [0, 0.1) is 11.8 Å². The summed E-state index contributed by atoms with van der Waals surface area (Å²) < 4.78 is 11.7. The van der Waals surface area contributed by atoms with Crippen molar-refractivity contribution in [2.24, 2.45) is 11.8 Å². The lowest BCUT2D eigenvalue weighted by molar-refractivity contribution is -0.141. The Morgan fingerprint density at radius 3 is 2.58 bits per heavy atom. The molecule has 0 aromatic heterocycles. The van der Waals surface area contributed by atoms with Crippen LogP contribution in [0.25, 0.3) is 0 Å². The SMILES string of the molecule is COC(C1CC1)C(O)C1CCOC2(CCSCC2)C1. The largest absolute Gasteiger partial charge is 0.390 e. The predicted molar refractivity (Wildman–Crippen MR) is 77.5 cm³/mol. The summed E-state index contributed by atoms with van der Waals surface area (Å²) in [6.07, 6.45) is 6.53. The number of hydrogen-bond donors (Lipinski definition) is 1. The maximum absolute atomic E-state index is 10.7. The lowest BCUT2D eigenvalue weighted by Crippen LogP contribution is -2.48. The smallest absolute Gasteiger partial charge is 0.0860 e. The van der Waals surface area contributed by atoms with Crippen LogP contribution in [-0.4, -0.2) is 48.1 Å². The molecule has 19 heavy (non-hydrogen) atoms. The number of aliphatic hydroxyl groups is 1. The molecule has 1 aliphatic carbocycles. The van der Waals surface area contributed by atoms with Crippen LogP contribution in [-0.2, 0) is 9.47 Å². The fraction of sp³-hybridized carbons (Fsp3) is 1.00. The molecule has 0 aromatic carbocycles. The van der Waals surface area contributed by atoms with Crippen molar-refractivity contribution in [2.75, 3.05) is 25.2 Å². The average molecular weight is 286 g/mol. The molecule has 2 saturated heterocycles. The first-order valence-electron chi connectivity index (χ1n) is 7.67. The minimum Gasteiger partial charge on any atom is -0.390 e. The third-order valence-electron chi connectivity index (χ3n) is 5.11. The summed E-state index contributed by atoms with van der Waals surface area (Å²) in [6.45, 7) is 0.813. The first kappa shape index (κ1) is 14.2. The van der Waals surface area contributed by atoms with Crippen molar-refractivity contribution >= 4 is 11.8 Å². The summed E-state index contributed by atoms with van der Waals surface area (Å²) in [5.74, 6) is 3.38. The molecule has 0 aromatic rings. The Kier molecular flexibility index (Phi) is 4.42. The molecule has 0 bridgehead atoms. The summed E-state index contributed by atoms with van der Waals surface area (Å²) in [4.78, 5) is 0. The molecule has 1 saturated carbocycles. The van der Waals surface area contributed by atoms with Crippen molar-refractivity contribution in [3.05, 3.63) is 0 Å². The number of aliphatic hydroxyl groups excluding tert-OH is 1. The van der Waals surface area contributed by atoms with Crippen molar-refractivity contribution < 1.29 is 14.6 Å². The summed E-state index contributed by atoms with van der Waals surface area (Å²) >= 11 is 2.03. The number of rotatable bonds is 4. The van der Waals surface area contributed by atoms with Gasteiger partial charge in [-0.1, -0.05) is 0 Å². The molecule has 110 valence electrons. The van der Waals surface area contributed by atoms with Crippen LogP contribution < -0.4 is 0 Å². The fourth-order valence-electron chi connectivity index (χ4n) is 3.75. The lowest BCUT2D eigenvalue weighted by atomic mass is 9.78. The van der Waals surface area contributed by atoms with Crippen LogP contribution in [0.4, 0.5) is 0 Å². The quantitative estimate of drug-likeness (QED) is 0.861.